The van der Waals surface area contributed by atoms with Crippen molar-refractivity contribution >= 4 is 21.4 Å². The highest BCUT2D eigenvalue weighted by molar-refractivity contribution is 7.90. The number of benzene rings is 2. The second-order valence-corrected chi connectivity index (χ2v) is 9.30. The molecule has 0 radical (unpaired) electrons. The van der Waals surface area contributed by atoms with Crippen molar-refractivity contribution in [2.45, 2.75) is 24.5 Å². The van der Waals surface area contributed by atoms with Gasteiger partial charge in [-0.1, -0.05) is 17.7 Å². The molecule has 0 aromatic heterocycles. The summed E-state index contributed by atoms with van der Waals surface area (Å²) in [5.74, 6) is 1.42. The zero-order valence-electron chi connectivity index (χ0n) is 16.0. The second kappa shape index (κ2) is 9.13. The maximum atomic E-state index is 11.6. The first-order chi connectivity index (χ1) is 13.3. The van der Waals surface area contributed by atoms with Gasteiger partial charge in [0.15, 0.2) is 16.6 Å². The Labute approximate surface area is 170 Å². The van der Waals surface area contributed by atoms with Gasteiger partial charge in [0.2, 0.25) is 0 Å². The van der Waals surface area contributed by atoms with E-state index in [0.717, 1.165) is 29.8 Å². The molecule has 0 bridgehead atoms. The molecule has 2 aromatic carbocycles. The van der Waals surface area contributed by atoms with Crippen molar-refractivity contribution < 1.29 is 22.6 Å². The molecule has 0 aliphatic carbocycles. The van der Waals surface area contributed by atoms with Gasteiger partial charge in [-0.05, 0) is 43.8 Å². The summed E-state index contributed by atoms with van der Waals surface area (Å²) in [6, 6.07) is 10.4. The van der Waals surface area contributed by atoms with E-state index in [1.165, 1.54) is 6.26 Å². The third-order valence-corrected chi connectivity index (χ3v) is 5.71. The van der Waals surface area contributed by atoms with Crippen LogP contribution in [-0.4, -0.2) is 46.6 Å². The maximum Gasteiger partial charge on any atom is 0.189 e. The summed E-state index contributed by atoms with van der Waals surface area (Å²) in [5.41, 5.74) is 2.01. The van der Waals surface area contributed by atoms with Crippen molar-refractivity contribution in [3.8, 4) is 11.5 Å². The number of rotatable bonds is 8. The van der Waals surface area contributed by atoms with Gasteiger partial charge in [-0.2, -0.15) is 0 Å². The Kier molecular flexibility index (Phi) is 6.82. The van der Waals surface area contributed by atoms with Gasteiger partial charge in [0.05, 0.1) is 18.1 Å². The quantitative estimate of drug-likeness (QED) is 0.603. The average molecular weight is 426 g/mol. The van der Waals surface area contributed by atoms with Crippen LogP contribution in [0.4, 0.5) is 0 Å². The lowest BCUT2D eigenvalue weighted by molar-refractivity contribution is -0.0174. The Morgan fingerprint density at radius 3 is 2.86 bits per heavy atom. The highest BCUT2D eigenvalue weighted by Crippen LogP contribution is 2.32. The fourth-order valence-corrected chi connectivity index (χ4v) is 3.98. The Balaban J connectivity index is 1.51. The molecule has 0 N–H and O–H groups in total. The summed E-state index contributed by atoms with van der Waals surface area (Å²) >= 11 is 6.21. The van der Waals surface area contributed by atoms with Crippen LogP contribution in [0.1, 0.15) is 17.5 Å². The van der Waals surface area contributed by atoms with E-state index in [1.807, 2.05) is 19.2 Å². The highest BCUT2D eigenvalue weighted by atomic mass is 35.5. The van der Waals surface area contributed by atoms with Crippen LogP contribution >= 0.6 is 11.6 Å². The minimum absolute atomic E-state index is 0.256. The number of halogens is 1. The van der Waals surface area contributed by atoms with E-state index in [1.54, 1.807) is 24.3 Å². The van der Waals surface area contributed by atoms with Crippen molar-refractivity contribution in [1.29, 1.82) is 0 Å². The van der Waals surface area contributed by atoms with Gasteiger partial charge < -0.3 is 19.1 Å². The molecule has 8 heteroatoms. The highest BCUT2D eigenvalue weighted by Gasteiger charge is 2.17. The number of ether oxygens (including phenoxy) is 3. The predicted octanol–water partition coefficient (Wildman–Crippen LogP) is 3.51. The lowest BCUT2D eigenvalue weighted by Crippen LogP contribution is -2.22. The van der Waals surface area contributed by atoms with Gasteiger partial charge in [0.1, 0.15) is 11.5 Å². The van der Waals surface area contributed by atoms with Crippen LogP contribution in [0.5, 0.6) is 11.5 Å². The average Bonchev–Trinajstić information content (AvgIpc) is 2.65. The summed E-state index contributed by atoms with van der Waals surface area (Å²) < 4.78 is 39.9. The summed E-state index contributed by atoms with van der Waals surface area (Å²) in [7, 11) is -1.21. The molecule has 2 aromatic rings. The van der Waals surface area contributed by atoms with E-state index in [4.69, 9.17) is 25.8 Å². The van der Waals surface area contributed by atoms with E-state index in [9.17, 15) is 8.42 Å². The normalized spacial score (nSPS) is 13.9. The molecule has 0 saturated heterocycles. The third kappa shape index (κ3) is 5.61. The van der Waals surface area contributed by atoms with Crippen molar-refractivity contribution in [2.24, 2.45) is 0 Å². The summed E-state index contributed by atoms with van der Waals surface area (Å²) in [6.07, 6.45) is 1.98. The maximum absolute atomic E-state index is 11.6. The molecule has 28 heavy (non-hydrogen) atoms. The van der Waals surface area contributed by atoms with Crippen LogP contribution in [0.3, 0.4) is 0 Å². The van der Waals surface area contributed by atoms with Crippen molar-refractivity contribution in [2.75, 3.05) is 33.2 Å². The van der Waals surface area contributed by atoms with E-state index in [2.05, 4.69) is 4.90 Å². The first-order valence-corrected chi connectivity index (χ1v) is 11.2. The molecule has 3 rings (SSSR count). The first kappa shape index (κ1) is 20.9. The molecule has 1 aliphatic rings. The molecular weight excluding hydrogens is 402 g/mol. The van der Waals surface area contributed by atoms with E-state index >= 15 is 0 Å². The zero-order valence-corrected chi connectivity index (χ0v) is 17.6. The number of hydrogen-bond acceptors (Lipinski definition) is 6. The molecule has 0 atom stereocenters. The van der Waals surface area contributed by atoms with E-state index in [-0.39, 0.29) is 11.7 Å². The van der Waals surface area contributed by atoms with Crippen LogP contribution in [0.2, 0.25) is 5.02 Å². The lowest BCUT2D eigenvalue weighted by atomic mass is 10.1. The monoisotopic (exact) mass is 425 g/mol. The number of hydrogen-bond donors (Lipinski definition) is 0. The van der Waals surface area contributed by atoms with Crippen molar-refractivity contribution in [1.82, 2.24) is 4.90 Å². The first-order valence-electron chi connectivity index (χ1n) is 8.96. The van der Waals surface area contributed by atoms with Gasteiger partial charge >= 0.3 is 0 Å². The second-order valence-electron chi connectivity index (χ2n) is 6.85. The Morgan fingerprint density at radius 2 is 2.07 bits per heavy atom. The van der Waals surface area contributed by atoms with Crippen LogP contribution in [0, 0.1) is 0 Å². The van der Waals surface area contributed by atoms with Crippen LogP contribution in [0.15, 0.2) is 41.3 Å². The third-order valence-electron chi connectivity index (χ3n) is 4.38. The molecule has 152 valence electrons. The molecule has 0 saturated carbocycles. The molecule has 1 heterocycles. The standard InChI is InChI=1S/C20H24ClNO5S/c1-22(12-15-9-17(21)10-16-13-25-14-27-20(15)16)7-4-8-26-18-5-3-6-19(11-18)28(2,23)24/h3,5-6,9-11H,4,7-8,12-14H2,1-2H3. The number of sulfone groups is 1. The fourth-order valence-electron chi connectivity index (χ4n) is 3.06. The molecular formula is C20H24ClNO5S. The summed E-state index contributed by atoms with van der Waals surface area (Å²) in [5, 5.41) is 0.672. The predicted molar refractivity (Wildman–Crippen MR) is 108 cm³/mol. The Morgan fingerprint density at radius 1 is 1.25 bits per heavy atom. The van der Waals surface area contributed by atoms with Gasteiger partial charge in [-0.25, -0.2) is 8.42 Å². The SMILES string of the molecule is CN(CCCOc1cccc(S(C)(=O)=O)c1)Cc1cc(Cl)cc2c1OCOC2. The minimum atomic E-state index is -3.23. The smallest absolute Gasteiger partial charge is 0.189 e. The largest absolute Gasteiger partial charge is 0.494 e. The van der Waals surface area contributed by atoms with Crippen molar-refractivity contribution in [3.05, 3.63) is 52.5 Å². The fraction of sp³-hybridized carbons (Fsp3) is 0.400. The Bertz CT molecular complexity index is 932. The molecule has 0 fully saturated rings. The molecule has 0 spiro atoms. The van der Waals surface area contributed by atoms with Crippen LogP contribution in [0.25, 0.3) is 0 Å². The minimum Gasteiger partial charge on any atom is -0.494 e. The van der Waals surface area contributed by atoms with Crippen molar-refractivity contribution in [3.63, 3.8) is 0 Å². The van der Waals surface area contributed by atoms with E-state index < -0.39 is 9.84 Å². The number of nitrogens with zero attached hydrogens (tertiary/aromatic N) is 1. The number of fused-ring (bicyclic) bond motifs is 1. The Hall–Kier alpha value is -1.80. The summed E-state index contributed by atoms with van der Waals surface area (Å²) in [4.78, 5) is 2.43. The van der Waals surface area contributed by atoms with Gasteiger partial charge in [0.25, 0.3) is 0 Å². The molecule has 6 nitrogen and oxygen atoms in total. The topological polar surface area (TPSA) is 65.1 Å². The van der Waals surface area contributed by atoms with Crippen LogP contribution in [-0.2, 0) is 27.7 Å². The van der Waals surface area contributed by atoms with Crippen LogP contribution < -0.4 is 9.47 Å². The molecule has 0 amide bonds. The lowest BCUT2D eigenvalue weighted by Gasteiger charge is -2.24. The van der Waals surface area contributed by atoms with Gasteiger partial charge in [0, 0.05) is 35.5 Å². The van der Waals surface area contributed by atoms with Gasteiger partial charge in [-0.3, -0.25) is 0 Å². The van der Waals surface area contributed by atoms with Gasteiger partial charge in [-0.15, -0.1) is 0 Å². The molecule has 1 aliphatic heterocycles. The summed E-state index contributed by atoms with van der Waals surface area (Å²) in [6.45, 7) is 2.77. The van der Waals surface area contributed by atoms with E-state index in [0.29, 0.717) is 30.5 Å². The zero-order chi connectivity index (χ0) is 20.1. The molecule has 0 unspecified atom stereocenters.